The summed E-state index contributed by atoms with van der Waals surface area (Å²) in [6, 6.07) is 0. The van der Waals surface area contributed by atoms with E-state index in [9.17, 15) is 30.0 Å². The van der Waals surface area contributed by atoms with Crippen molar-refractivity contribution in [3.8, 4) is 0 Å². The molecule has 0 aromatic rings. The first-order valence-electron chi connectivity index (χ1n) is 15.8. The minimum atomic E-state index is -11.2. The fourth-order valence-corrected chi connectivity index (χ4v) is 5.34. The number of halogens is 9. The molecule has 0 aliphatic heterocycles. The summed E-state index contributed by atoms with van der Waals surface area (Å²) in [6.07, 6.45) is 26.9. The fraction of sp³-hybridized carbons (Fsp3) is 1.00. The van der Waals surface area contributed by atoms with Gasteiger partial charge in [0.25, 0.3) is 9.24 Å². The monoisotopic (exact) mass is 796 g/mol. The van der Waals surface area contributed by atoms with Crippen molar-refractivity contribution in [3.05, 3.63) is 0 Å². The average molecular weight is 798 g/mol. The van der Waals surface area contributed by atoms with Gasteiger partial charge in [0.15, 0.2) is 0 Å². The molecule has 0 spiro atoms. The molecule has 0 radical (unpaired) electrons. The molecule has 0 fully saturated rings. The van der Waals surface area contributed by atoms with Gasteiger partial charge in [0.1, 0.15) is 29.9 Å². The van der Waals surface area contributed by atoms with E-state index in [-0.39, 0.29) is 0 Å². The van der Waals surface area contributed by atoms with Crippen LogP contribution < -0.4 is 0 Å². The third kappa shape index (κ3) is 60.4. The van der Waals surface area contributed by atoms with E-state index in [0.717, 1.165) is 32.3 Å². The van der Waals surface area contributed by atoms with Crippen LogP contribution in [0.1, 0.15) is 167 Å². The molecule has 42 heavy (non-hydrogen) atoms. The van der Waals surface area contributed by atoms with E-state index in [1.165, 1.54) is 128 Å². The van der Waals surface area contributed by atoms with Gasteiger partial charge in [0, 0.05) is 6.42 Å². The van der Waals surface area contributed by atoms with Crippen LogP contribution in [0.15, 0.2) is 0 Å². The number of hydrogen-bond donors (Lipinski definition) is 2. The number of alkyl halides is 3. The van der Waals surface area contributed by atoms with Crippen LogP contribution in [0, 0.1) is 0 Å². The Labute approximate surface area is 264 Å². The van der Waals surface area contributed by atoms with Crippen LogP contribution in [-0.2, 0) is 13.4 Å². The zero-order valence-corrected chi connectivity index (χ0v) is 30.3. The molecule has 0 rings (SSSR count). The summed E-state index contributed by atoms with van der Waals surface area (Å²) >= 11 is -3.03. The number of rotatable bonds is 28. The quantitative estimate of drug-likeness (QED) is 0.0200. The summed E-state index contributed by atoms with van der Waals surface area (Å²) in [6.45, 7) is 0.793. The Hall–Kier alpha value is 1.20. The SMILES string of the molecule is FC(F)(F)CCCCCCCCCCCCCCCCCCCCCCCCCCCO[S+](S)S.[F][Sb-]([F])([F])([F])([F])[F]. The van der Waals surface area contributed by atoms with Crippen molar-refractivity contribution in [2.45, 2.75) is 173 Å². The Bertz CT molecular complexity index is 581. The third-order valence-corrected chi connectivity index (χ3v) is 7.80. The molecule has 0 N–H and O–H groups in total. The predicted octanol–water partition coefficient (Wildman–Crippen LogP) is 14.1. The van der Waals surface area contributed by atoms with Gasteiger partial charge in [0.05, 0.1) is 0 Å². The van der Waals surface area contributed by atoms with E-state index in [2.05, 4.69) is 23.3 Å². The van der Waals surface area contributed by atoms with E-state index >= 15 is 0 Å². The van der Waals surface area contributed by atoms with E-state index in [0.29, 0.717) is 6.42 Å². The van der Waals surface area contributed by atoms with Crippen molar-refractivity contribution in [2.24, 2.45) is 0 Å². The maximum absolute atomic E-state index is 12.1. The van der Waals surface area contributed by atoms with Gasteiger partial charge in [-0.05, 0) is 12.8 Å². The summed E-state index contributed by atoms with van der Waals surface area (Å²) < 4.78 is 101. The van der Waals surface area contributed by atoms with Crippen LogP contribution in [0.2, 0.25) is 0 Å². The zero-order chi connectivity index (χ0) is 32.3. The van der Waals surface area contributed by atoms with E-state index < -0.39 is 41.3 Å². The molecule has 0 aromatic heterocycles. The molecular weight excluding hydrogens is 741 g/mol. The Morgan fingerprint density at radius 3 is 0.786 bits per heavy atom. The summed E-state index contributed by atoms with van der Waals surface area (Å²) in [4.78, 5) is 0. The topological polar surface area (TPSA) is 9.23 Å². The summed E-state index contributed by atoms with van der Waals surface area (Å²) in [7, 11) is -0.469. The van der Waals surface area contributed by atoms with Gasteiger partial charge in [-0.25, -0.2) is 0 Å². The Kier molecular flexibility index (Phi) is 27.3. The standard InChI is InChI=1S/C28H56F3OS3.6FH.Sb/c29-28(30,31)26-24-22-20-18-16-14-12-10-8-6-4-2-1-3-5-7-9-11-13-15-17-19-21-23-25-27-32-35(33)34;;;;;;;/h33-34H,1-27H2;6*1H;/q+1;;;;;;;+5/p-6. The van der Waals surface area contributed by atoms with Crippen molar-refractivity contribution in [3.63, 3.8) is 0 Å². The molecule has 0 aliphatic carbocycles. The normalized spacial score (nSPS) is 14.0. The molecule has 0 heterocycles. The third-order valence-electron chi connectivity index (χ3n) is 6.79. The Morgan fingerprint density at radius 1 is 0.405 bits per heavy atom. The molecule has 0 saturated carbocycles. The molecule has 260 valence electrons. The zero-order valence-electron chi connectivity index (χ0n) is 25.2. The number of thiol groups is 2. The van der Waals surface area contributed by atoms with Crippen LogP contribution in [0.4, 0.5) is 30.0 Å². The molecule has 0 aromatic carbocycles. The number of hydrogen-bond acceptors (Lipinski definition) is 3. The van der Waals surface area contributed by atoms with Gasteiger partial charge in [-0.3, -0.25) is 0 Å². The van der Waals surface area contributed by atoms with Crippen molar-refractivity contribution in [1.82, 2.24) is 0 Å². The molecule has 0 atom stereocenters. The van der Waals surface area contributed by atoms with Crippen molar-refractivity contribution < 1.29 is 34.2 Å². The van der Waals surface area contributed by atoms with Crippen molar-refractivity contribution in [1.29, 1.82) is 0 Å². The van der Waals surface area contributed by atoms with Crippen LogP contribution in [-0.4, -0.2) is 32.3 Å². The second-order valence-corrected chi connectivity index (χ2v) is 20.2. The molecule has 0 bridgehead atoms. The molecule has 1 nitrogen and oxygen atoms in total. The van der Waals surface area contributed by atoms with Gasteiger partial charge >= 0.3 is 42.5 Å². The molecule has 0 unspecified atom stereocenters. The van der Waals surface area contributed by atoms with Crippen LogP contribution in [0.5, 0.6) is 0 Å². The maximum atomic E-state index is 12.1. The fourth-order valence-electron chi connectivity index (χ4n) is 4.63. The molecule has 0 saturated heterocycles. The van der Waals surface area contributed by atoms with Gasteiger partial charge in [-0.1, -0.05) is 148 Å². The molecule has 0 amide bonds. The van der Waals surface area contributed by atoms with Crippen LogP contribution in [0.25, 0.3) is 0 Å². The Morgan fingerprint density at radius 2 is 0.595 bits per heavy atom. The van der Waals surface area contributed by atoms with Gasteiger partial charge in [-0.15, -0.1) is 4.18 Å². The van der Waals surface area contributed by atoms with E-state index in [4.69, 9.17) is 4.18 Å². The molecule has 14 heteroatoms. The summed E-state index contributed by atoms with van der Waals surface area (Å²) in [5.41, 5.74) is 0. The van der Waals surface area contributed by atoms with Crippen LogP contribution in [0.3, 0.4) is 0 Å². The first-order chi connectivity index (χ1) is 19.4. The molecule has 0 aliphatic rings. The summed E-state index contributed by atoms with van der Waals surface area (Å²) in [5.74, 6) is 0. The first-order valence-corrected chi connectivity index (χ1v) is 24.8. The first kappa shape index (κ1) is 45.3. The second kappa shape index (κ2) is 25.3. The average Bonchev–Trinajstić information content (AvgIpc) is 2.83. The Balaban J connectivity index is 0. The van der Waals surface area contributed by atoms with Crippen molar-refractivity contribution in [2.75, 3.05) is 6.61 Å². The van der Waals surface area contributed by atoms with Crippen molar-refractivity contribution >= 4 is 52.0 Å². The minimum absolute atomic E-state index is 0.303. The van der Waals surface area contributed by atoms with E-state index in [1.54, 1.807) is 0 Å². The van der Waals surface area contributed by atoms with Gasteiger partial charge in [-0.2, -0.15) is 13.2 Å². The van der Waals surface area contributed by atoms with Gasteiger partial charge < -0.3 is 0 Å². The van der Waals surface area contributed by atoms with Gasteiger partial charge in [0.2, 0.25) is 0 Å². The number of unbranched alkanes of at least 4 members (excludes halogenated alkanes) is 24. The van der Waals surface area contributed by atoms with Crippen LogP contribution >= 0.6 is 23.3 Å². The van der Waals surface area contributed by atoms with E-state index in [1.807, 2.05) is 0 Å². The molecular formula is C28H56F9OS3Sb. The predicted molar refractivity (Wildman–Crippen MR) is 170 cm³/mol. The second-order valence-electron chi connectivity index (χ2n) is 11.2. The summed E-state index contributed by atoms with van der Waals surface area (Å²) in [5, 5.41) is 0.